The van der Waals surface area contributed by atoms with Crippen molar-refractivity contribution >= 4 is 39.1 Å². The number of carbonyl (C=O) groups excluding carboxylic acids is 1. The number of fused-ring (bicyclic) bond motifs is 2. The van der Waals surface area contributed by atoms with Crippen LogP contribution < -0.4 is 5.32 Å². The van der Waals surface area contributed by atoms with Crippen LogP contribution in [0.1, 0.15) is 11.3 Å². The highest BCUT2D eigenvalue weighted by atomic mass is 32.1. The summed E-state index contributed by atoms with van der Waals surface area (Å²) in [4.78, 5) is 17.4. The van der Waals surface area contributed by atoms with Gasteiger partial charge in [0.2, 0.25) is 16.8 Å². The molecule has 5 aromatic rings. The second kappa shape index (κ2) is 6.78. The van der Waals surface area contributed by atoms with Crippen LogP contribution in [0.3, 0.4) is 0 Å². The maximum atomic E-state index is 13.2. The third kappa shape index (κ3) is 3.25. The van der Waals surface area contributed by atoms with Gasteiger partial charge >= 0.3 is 0 Å². The number of aromatic nitrogens is 4. The molecule has 144 valence electrons. The largest absolute Gasteiger partial charge is 0.356 e. The normalized spacial score (nSPS) is 11.4. The first-order valence-corrected chi connectivity index (χ1v) is 9.70. The summed E-state index contributed by atoms with van der Waals surface area (Å²) in [7, 11) is 0. The molecule has 0 aliphatic carbocycles. The maximum Gasteiger partial charge on any atom is 0.250 e. The average Bonchev–Trinajstić information content (AvgIpc) is 3.37. The Bertz CT molecular complexity index is 1350. The van der Waals surface area contributed by atoms with Crippen molar-refractivity contribution in [2.75, 3.05) is 5.32 Å². The molecule has 0 aliphatic heterocycles. The fourth-order valence-electron chi connectivity index (χ4n) is 3.10. The van der Waals surface area contributed by atoms with Crippen LogP contribution in [0.4, 0.5) is 10.3 Å². The molecule has 0 saturated carbocycles. The van der Waals surface area contributed by atoms with Crippen molar-refractivity contribution in [1.82, 2.24) is 19.8 Å². The second-order valence-electron chi connectivity index (χ2n) is 6.61. The van der Waals surface area contributed by atoms with Crippen molar-refractivity contribution in [3.8, 4) is 11.3 Å². The van der Waals surface area contributed by atoms with Gasteiger partial charge in [-0.2, -0.15) is 4.98 Å². The van der Waals surface area contributed by atoms with Crippen LogP contribution in [0.5, 0.6) is 0 Å². The minimum Gasteiger partial charge on any atom is -0.356 e. The van der Waals surface area contributed by atoms with Gasteiger partial charge in [-0.25, -0.2) is 8.91 Å². The van der Waals surface area contributed by atoms with Crippen molar-refractivity contribution in [2.24, 2.45) is 0 Å². The lowest BCUT2D eigenvalue weighted by Gasteiger charge is -2.00. The molecule has 1 N–H and O–H groups in total. The predicted octanol–water partition coefficient (Wildman–Crippen LogP) is 4.23. The molecule has 0 atom stereocenters. The lowest BCUT2D eigenvalue weighted by Crippen LogP contribution is -2.15. The summed E-state index contributed by atoms with van der Waals surface area (Å²) in [5, 5.41) is 13.8. The van der Waals surface area contributed by atoms with Crippen LogP contribution in [0.15, 0.2) is 52.4 Å². The van der Waals surface area contributed by atoms with Crippen molar-refractivity contribution < 1.29 is 13.7 Å². The number of hydrogen-bond donors (Lipinski definition) is 1. The van der Waals surface area contributed by atoms with E-state index in [-0.39, 0.29) is 24.1 Å². The Hall–Kier alpha value is -3.59. The molecule has 0 aliphatic rings. The van der Waals surface area contributed by atoms with Gasteiger partial charge < -0.3 is 4.52 Å². The van der Waals surface area contributed by atoms with Crippen LogP contribution >= 0.6 is 11.3 Å². The summed E-state index contributed by atoms with van der Waals surface area (Å²) in [6, 6.07) is 11.8. The highest BCUT2D eigenvalue weighted by Crippen LogP contribution is 2.26. The van der Waals surface area contributed by atoms with E-state index in [0.29, 0.717) is 16.2 Å². The van der Waals surface area contributed by atoms with Crippen LogP contribution in [0, 0.1) is 12.7 Å². The molecule has 0 bridgehead atoms. The number of aryl methyl sites for hydroxylation is 1. The molecule has 0 radical (unpaired) electrons. The van der Waals surface area contributed by atoms with Crippen LogP contribution in [-0.4, -0.2) is 25.7 Å². The van der Waals surface area contributed by atoms with E-state index in [4.69, 9.17) is 4.52 Å². The molecule has 1 amide bonds. The number of nitrogens with one attached hydrogen (secondary N) is 1. The Balaban J connectivity index is 1.38. The Morgan fingerprint density at radius 3 is 2.90 bits per heavy atom. The number of amides is 1. The molecule has 29 heavy (non-hydrogen) atoms. The van der Waals surface area contributed by atoms with Gasteiger partial charge in [0.1, 0.15) is 11.5 Å². The quantitative estimate of drug-likeness (QED) is 0.482. The van der Waals surface area contributed by atoms with Crippen molar-refractivity contribution in [3.63, 3.8) is 0 Å². The van der Waals surface area contributed by atoms with Crippen LogP contribution in [0.2, 0.25) is 0 Å². The highest BCUT2D eigenvalue weighted by Gasteiger charge is 2.16. The fourth-order valence-corrected chi connectivity index (χ4v) is 3.94. The molecule has 7 nitrogen and oxygen atoms in total. The van der Waals surface area contributed by atoms with E-state index in [1.807, 2.05) is 30.5 Å². The van der Waals surface area contributed by atoms with Gasteiger partial charge in [0.25, 0.3) is 0 Å². The Labute approximate surface area is 167 Å². The number of thiazole rings is 1. The molecule has 0 unspecified atom stereocenters. The minimum absolute atomic E-state index is 0.0497. The molecule has 2 aromatic carbocycles. The van der Waals surface area contributed by atoms with Gasteiger partial charge in [-0.15, -0.1) is 16.4 Å². The summed E-state index contributed by atoms with van der Waals surface area (Å²) in [6.07, 6.45) is 0.0497. The van der Waals surface area contributed by atoms with Crippen molar-refractivity contribution in [2.45, 2.75) is 13.3 Å². The zero-order valence-corrected chi connectivity index (χ0v) is 16.0. The zero-order chi connectivity index (χ0) is 20.0. The van der Waals surface area contributed by atoms with Gasteiger partial charge in [-0.1, -0.05) is 16.8 Å². The van der Waals surface area contributed by atoms with E-state index in [9.17, 15) is 9.18 Å². The lowest BCUT2D eigenvalue weighted by molar-refractivity contribution is -0.115. The zero-order valence-electron chi connectivity index (χ0n) is 15.2. The number of nitrogens with zero attached hydrogens (tertiary/aromatic N) is 4. The Morgan fingerprint density at radius 2 is 2.07 bits per heavy atom. The van der Waals surface area contributed by atoms with Gasteiger partial charge in [0.05, 0.1) is 12.1 Å². The number of halogens is 1. The predicted molar refractivity (Wildman–Crippen MR) is 107 cm³/mol. The van der Waals surface area contributed by atoms with Crippen LogP contribution in [0.25, 0.3) is 27.2 Å². The van der Waals surface area contributed by atoms with E-state index in [0.717, 1.165) is 22.2 Å². The first-order valence-electron chi connectivity index (χ1n) is 8.82. The number of benzene rings is 2. The third-order valence-corrected chi connectivity index (χ3v) is 5.32. The summed E-state index contributed by atoms with van der Waals surface area (Å²) in [5.41, 5.74) is 3.85. The maximum absolute atomic E-state index is 13.2. The molecule has 0 fully saturated rings. The Kier molecular flexibility index (Phi) is 4.09. The van der Waals surface area contributed by atoms with E-state index in [2.05, 4.69) is 20.6 Å². The summed E-state index contributed by atoms with van der Waals surface area (Å²) in [6.45, 7) is 1.97. The smallest absolute Gasteiger partial charge is 0.250 e. The monoisotopic (exact) mass is 407 g/mol. The van der Waals surface area contributed by atoms with Crippen molar-refractivity contribution in [1.29, 1.82) is 0 Å². The van der Waals surface area contributed by atoms with E-state index in [1.165, 1.54) is 23.5 Å². The van der Waals surface area contributed by atoms with Gasteiger partial charge in [-0.05, 0) is 43.3 Å². The first kappa shape index (κ1) is 17.5. The number of hydrogen-bond acceptors (Lipinski definition) is 6. The highest BCUT2D eigenvalue weighted by molar-refractivity contribution is 7.15. The third-order valence-electron chi connectivity index (χ3n) is 4.50. The lowest BCUT2D eigenvalue weighted by atomic mass is 10.1. The van der Waals surface area contributed by atoms with E-state index < -0.39 is 0 Å². The van der Waals surface area contributed by atoms with Gasteiger partial charge in [-0.3, -0.25) is 10.1 Å². The van der Waals surface area contributed by atoms with Crippen molar-refractivity contribution in [3.05, 3.63) is 64.9 Å². The number of carbonyl (C=O) groups is 1. The fraction of sp³-hybridized carbons (Fsp3) is 0.100. The molecular weight excluding hydrogens is 393 g/mol. The molecule has 0 spiro atoms. The van der Waals surface area contributed by atoms with Gasteiger partial charge in [0.15, 0.2) is 5.58 Å². The summed E-state index contributed by atoms with van der Waals surface area (Å²) < 4.78 is 20.1. The number of rotatable bonds is 4. The summed E-state index contributed by atoms with van der Waals surface area (Å²) >= 11 is 1.39. The van der Waals surface area contributed by atoms with E-state index in [1.54, 1.807) is 16.6 Å². The molecule has 3 aromatic heterocycles. The second-order valence-corrected chi connectivity index (χ2v) is 7.45. The van der Waals surface area contributed by atoms with Gasteiger partial charge in [0, 0.05) is 16.3 Å². The molecule has 9 heteroatoms. The molecule has 5 rings (SSSR count). The minimum atomic E-state index is -0.303. The van der Waals surface area contributed by atoms with Crippen LogP contribution in [-0.2, 0) is 11.2 Å². The standard InChI is InChI=1S/C20H14FN5O2S/c1-11-2-7-17-14(8-11)15(25-28-17)9-18(27)22-19-23-20-26(24-19)16(10-29-20)12-3-5-13(21)6-4-12/h2-8,10H,9H2,1H3,(H,22,24,27). The topological polar surface area (TPSA) is 85.3 Å². The Morgan fingerprint density at radius 1 is 1.24 bits per heavy atom. The first-order chi connectivity index (χ1) is 14.1. The SMILES string of the molecule is Cc1ccc2onc(CC(=O)Nc3nc4scc(-c5ccc(F)cc5)n4n3)c2c1. The molecule has 3 heterocycles. The average molecular weight is 407 g/mol. The molecule has 0 saturated heterocycles. The van der Waals surface area contributed by atoms with E-state index >= 15 is 0 Å². The number of anilines is 1. The summed E-state index contributed by atoms with van der Waals surface area (Å²) in [5.74, 6) is -0.389. The molecular formula is C20H14FN5O2S.